The SMILES string of the molecule is Fc1cc(CNC(=S)NCc2ccc(Cl)c(Cl)c2)cc(C(F)(F)F)c1. The van der Waals surface area contributed by atoms with E-state index in [4.69, 9.17) is 35.4 Å². The minimum absolute atomic E-state index is 0.0476. The first kappa shape index (κ1) is 19.8. The van der Waals surface area contributed by atoms with E-state index in [-0.39, 0.29) is 17.2 Å². The molecule has 2 aromatic carbocycles. The maximum absolute atomic E-state index is 13.3. The van der Waals surface area contributed by atoms with E-state index >= 15 is 0 Å². The second-order valence-corrected chi connectivity index (χ2v) is 6.35. The van der Waals surface area contributed by atoms with E-state index in [1.807, 2.05) is 0 Å². The Balaban J connectivity index is 1.91. The second kappa shape index (κ2) is 8.21. The molecule has 0 heterocycles. The highest BCUT2D eigenvalue weighted by atomic mass is 35.5. The van der Waals surface area contributed by atoms with Crippen molar-refractivity contribution < 1.29 is 17.6 Å². The number of thiocarbonyl (C=S) groups is 1. The third-order valence-corrected chi connectivity index (χ3v) is 4.20. The Morgan fingerprint density at radius 2 is 1.56 bits per heavy atom. The summed E-state index contributed by atoms with van der Waals surface area (Å²) >= 11 is 16.8. The van der Waals surface area contributed by atoms with Crippen molar-refractivity contribution in [1.82, 2.24) is 10.6 Å². The third-order valence-electron chi connectivity index (χ3n) is 3.18. The molecule has 0 spiro atoms. The third kappa shape index (κ3) is 6.02. The molecule has 2 nitrogen and oxygen atoms in total. The Labute approximate surface area is 157 Å². The summed E-state index contributed by atoms with van der Waals surface area (Å²) in [4.78, 5) is 0. The fourth-order valence-electron chi connectivity index (χ4n) is 1.99. The van der Waals surface area contributed by atoms with E-state index in [0.717, 1.165) is 17.7 Å². The first-order chi connectivity index (χ1) is 11.6. The number of hydrogen-bond donors (Lipinski definition) is 2. The van der Waals surface area contributed by atoms with Crippen LogP contribution in [0.1, 0.15) is 16.7 Å². The van der Waals surface area contributed by atoms with Crippen LogP contribution in [-0.2, 0) is 19.3 Å². The molecule has 25 heavy (non-hydrogen) atoms. The van der Waals surface area contributed by atoms with Gasteiger partial charge in [0.25, 0.3) is 0 Å². The molecule has 0 radical (unpaired) electrons. The van der Waals surface area contributed by atoms with Gasteiger partial charge >= 0.3 is 6.18 Å². The van der Waals surface area contributed by atoms with E-state index < -0.39 is 17.6 Å². The quantitative estimate of drug-likeness (QED) is 0.527. The maximum Gasteiger partial charge on any atom is 0.416 e. The molecule has 0 amide bonds. The summed E-state index contributed by atoms with van der Waals surface area (Å²) in [5.41, 5.74) is -0.0892. The van der Waals surface area contributed by atoms with Crippen LogP contribution in [0.15, 0.2) is 36.4 Å². The average molecular weight is 411 g/mol. The zero-order chi connectivity index (χ0) is 18.6. The van der Waals surface area contributed by atoms with Crippen LogP contribution >= 0.6 is 35.4 Å². The van der Waals surface area contributed by atoms with Crippen LogP contribution in [0, 0.1) is 5.82 Å². The molecule has 0 fully saturated rings. The lowest BCUT2D eigenvalue weighted by Gasteiger charge is -2.13. The van der Waals surface area contributed by atoms with Crippen LogP contribution in [0.4, 0.5) is 17.6 Å². The number of nitrogens with one attached hydrogen (secondary N) is 2. The van der Waals surface area contributed by atoms with Crippen molar-refractivity contribution in [3.05, 3.63) is 69.0 Å². The van der Waals surface area contributed by atoms with E-state index in [1.165, 1.54) is 0 Å². The maximum atomic E-state index is 13.3. The highest BCUT2D eigenvalue weighted by molar-refractivity contribution is 7.80. The number of halogens is 6. The molecular weight excluding hydrogens is 399 g/mol. The van der Waals surface area contributed by atoms with Gasteiger partial charge in [-0.3, -0.25) is 0 Å². The number of benzene rings is 2. The molecule has 134 valence electrons. The van der Waals surface area contributed by atoms with Crippen molar-refractivity contribution in [3.8, 4) is 0 Å². The Kier molecular flexibility index (Phi) is 6.48. The van der Waals surface area contributed by atoms with Crippen LogP contribution < -0.4 is 10.6 Å². The standard InChI is InChI=1S/C16H12Cl2F4N2S/c17-13-2-1-9(5-14(13)18)7-23-15(25)24-8-10-3-11(16(20,21)22)6-12(19)4-10/h1-6H,7-8H2,(H2,23,24,25). The molecule has 2 N–H and O–H groups in total. The van der Waals surface area contributed by atoms with Crippen LogP contribution in [0.2, 0.25) is 10.0 Å². The Hall–Kier alpha value is -1.57. The lowest BCUT2D eigenvalue weighted by Crippen LogP contribution is -2.34. The molecule has 0 bridgehead atoms. The number of hydrogen-bond acceptors (Lipinski definition) is 1. The van der Waals surface area contributed by atoms with Gasteiger partial charge in [0.2, 0.25) is 0 Å². The van der Waals surface area contributed by atoms with Crippen molar-refractivity contribution in [1.29, 1.82) is 0 Å². The number of rotatable bonds is 4. The summed E-state index contributed by atoms with van der Waals surface area (Å²) in [5.74, 6) is -0.957. The summed E-state index contributed by atoms with van der Waals surface area (Å²) in [6.45, 7) is 0.299. The first-order valence-electron chi connectivity index (χ1n) is 6.97. The van der Waals surface area contributed by atoms with Gasteiger partial charge in [0, 0.05) is 13.1 Å². The molecule has 0 atom stereocenters. The number of alkyl halides is 3. The van der Waals surface area contributed by atoms with Gasteiger partial charge in [0.1, 0.15) is 5.82 Å². The zero-order valence-corrected chi connectivity index (χ0v) is 14.9. The fraction of sp³-hybridized carbons (Fsp3) is 0.188. The molecule has 0 unspecified atom stereocenters. The lowest BCUT2D eigenvalue weighted by molar-refractivity contribution is -0.137. The van der Waals surface area contributed by atoms with Crippen LogP contribution in [0.5, 0.6) is 0 Å². The fourth-order valence-corrected chi connectivity index (χ4v) is 2.46. The predicted molar refractivity (Wildman–Crippen MR) is 94.1 cm³/mol. The van der Waals surface area contributed by atoms with Crippen molar-refractivity contribution in [2.24, 2.45) is 0 Å². The molecule has 2 rings (SSSR count). The first-order valence-corrected chi connectivity index (χ1v) is 8.14. The van der Waals surface area contributed by atoms with Crippen LogP contribution in [0.3, 0.4) is 0 Å². The van der Waals surface area contributed by atoms with Gasteiger partial charge < -0.3 is 10.6 Å². The Bertz CT molecular complexity index is 781. The van der Waals surface area contributed by atoms with Crippen LogP contribution in [-0.4, -0.2) is 5.11 Å². The van der Waals surface area contributed by atoms with Crippen molar-refractivity contribution in [2.45, 2.75) is 19.3 Å². The van der Waals surface area contributed by atoms with Gasteiger partial charge in [-0.2, -0.15) is 13.2 Å². The van der Waals surface area contributed by atoms with E-state index in [2.05, 4.69) is 10.6 Å². The highest BCUT2D eigenvalue weighted by Crippen LogP contribution is 2.30. The topological polar surface area (TPSA) is 24.1 Å². The van der Waals surface area contributed by atoms with Crippen LogP contribution in [0.25, 0.3) is 0 Å². The molecule has 0 aliphatic heterocycles. The molecule has 0 aliphatic carbocycles. The summed E-state index contributed by atoms with van der Waals surface area (Å²) in [6, 6.07) is 7.41. The molecule has 0 saturated carbocycles. The van der Waals surface area contributed by atoms with Gasteiger partial charge in [-0.15, -0.1) is 0 Å². The lowest BCUT2D eigenvalue weighted by atomic mass is 10.1. The summed E-state index contributed by atoms with van der Waals surface area (Å²) in [6.07, 6.45) is -4.61. The summed E-state index contributed by atoms with van der Waals surface area (Å²) < 4.78 is 51.3. The highest BCUT2D eigenvalue weighted by Gasteiger charge is 2.31. The minimum atomic E-state index is -4.61. The van der Waals surface area contributed by atoms with E-state index in [0.29, 0.717) is 22.7 Å². The van der Waals surface area contributed by atoms with Gasteiger partial charge in [0.15, 0.2) is 5.11 Å². The van der Waals surface area contributed by atoms with Crippen molar-refractivity contribution in [2.75, 3.05) is 0 Å². The van der Waals surface area contributed by atoms with Gasteiger partial charge in [-0.1, -0.05) is 29.3 Å². The average Bonchev–Trinajstić information content (AvgIpc) is 2.52. The molecular formula is C16H12Cl2F4N2S. The van der Waals surface area contributed by atoms with E-state index in [1.54, 1.807) is 18.2 Å². The normalized spacial score (nSPS) is 11.3. The molecule has 9 heteroatoms. The van der Waals surface area contributed by atoms with Crippen molar-refractivity contribution >= 4 is 40.5 Å². The second-order valence-electron chi connectivity index (χ2n) is 5.13. The monoisotopic (exact) mass is 410 g/mol. The van der Waals surface area contributed by atoms with E-state index in [9.17, 15) is 17.6 Å². The van der Waals surface area contributed by atoms with Gasteiger partial charge in [0.05, 0.1) is 15.6 Å². The Morgan fingerprint density at radius 1 is 0.920 bits per heavy atom. The minimum Gasteiger partial charge on any atom is -0.359 e. The van der Waals surface area contributed by atoms with Gasteiger partial charge in [-0.05, 0) is 53.7 Å². The molecule has 0 aliphatic rings. The van der Waals surface area contributed by atoms with Crippen molar-refractivity contribution in [3.63, 3.8) is 0 Å². The predicted octanol–water partition coefficient (Wildman–Crippen LogP) is 5.32. The van der Waals surface area contributed by atoms with Gasteiger partial charge in [-0.25, -0.2) is 4.39 Å². The molecule has 2 aromatic rings. The Morgan fingerprint density at radius 3 is 2.16 bits per heavy atom. The largest absolute Gasteiger partial charge is 0.416 e. The summed E-state index contributed by atoms with van der Waals surface area (Å²) in [5, 5.41) is 6.65. The molecule has 0 aromatic heterocycles. The summed E-state index contributed by atoms with van der Waals surface area (Å²) in [7, 11) is 0. The molecule has 0 saturated heterocycles. The zero-order valence-electron chi connectivity index (χ0n) is 12.6. The smallest absolute Gasteiger partial charge is 0.359 e.